The lowest BCUT2D eigenvalue weighted by Crippen LogP contribution is -2.25. The normalized spacial score (nSPS) is 12.0. The van der Waals surface area contributed by atoms with Crippen LogP contribution in [0.1, 0.15) is 25.0 Å². The number of aliphatic hydroxyl groups is 2. The van der Waals surface area contributed by atoms with Crippen molar-refractivity contribution in [3.05, 3.63) is 35.9 Å². The van der Waals surface area contributed by atoms with Gasteiger partial charge in [-0.15, -0.1) is 0 Å². The van der Waals surface area contributed by atoms with Crippen LogP contribution in [-0.4, -0.2) is 55.1 Å². The second kappa shape index (κ2) is 12.0. The van der Waals surface area contributed by atoms with E-state index in [1.54, 1.807) is 31.2 Å². The zero-order valence-corrected chi connectivity index (χ0v) is 13.8. The molecule has 0 radical (unpaired) electrons. The minimum absolute atomic E-state index is 0.280. The minimum Gasteiger partial charge on any atom is -0.469 e. The summed E-state index contributed by atoms with van der Waals surface area (Å²) in [4.78, 5) is 32.0. The summed E-state index contributed by atoms with van der Waals surface area (Å²) in [6.07, 6.45) is -2.96. The molecule has 0 aliphatic rings. The molecule has 1 rings (SSSR count). The van der Waals surface area contributed by atoms with Gasteiger partial charge in [-0.2, -0.15) is 0 Å². The van der Waals surface area contributed by atoms with Gasteiger partial charge >= 0.3 is 17.9 Å². The van der Waals surface area contributed by atoms with Gasteiger partial charge in [0.25, 0.3) is 0 Å². The van der Waals surface area contributed by atoms with Crippen LogP contribution in [0.25, 0.3) is 0 Å². The molecule has 0 fully saturated rings. The molecule has 0 spiro atoms. The maximum absolute atomic E-state index is 11.1. The van der Waals surface area contributed by atoms with E-state index in [1.165, 1.54) is 7.11 Å². The Morgan fingerprint density at radius 3 is 2.04 bits per heavy atom. The fourth-order valence-corrected chi connectivity index (χ4v) is 1.45. The van der Waals surface area contributed by atoms with Crippen molar-refractivity contribution in [2.75, 3.05) is 20.8 Å². The number of carbonyl (C=O) groups is 3. The number of benzene rings is 1. The maximum Gasteiger partial charge on any atom is 0.339 e. The van der Waals surface area contributed by atoms with E-state index in [-0.39, 0.29) is 13.0 Å². The number of hydrogen-bond donors (Lipinski definition) is 2. The SMILES string of the molecule is CCOC(=O)C(O)c1ccccc1.COC(=O)CC(O)C(=O)OC. The third-order valence-corrected chi connectivity index (χ3v) is 2.69. The van der Waals surface area contributed by atoms with Crippen LogP contribution in [0.5, 0.6) is 0 Å². The Kier molecular flexibility index (Phi) is 10.8. The first-order valence-corrected chi connectivity index (χ1v) is 7.09. The molecule has 2 atom stereocenters. The summed E-state index contributed by atoms with van der Waals surface area (Å²) in [6.45, 7) is 1.98. The number of aliphatic hydroxyl groups excluding tert-OH is 2. The van der Waals surface area contributed by atoms with E-state index < -0.39 is 30.1 Å². The van der Waals surface area contributed by atoms with Gasteiger partial charge in [-0.1, -0.05) is 30.3 Å². The van der Waals surface area contributed by atoms with Gasteiger partial charge in [0, 0.05) is 0 Å². The van der Waals surface area contributed by atoms with Crippen LogP contribution in [0, 0.1) is 0 Å². The lowest BCUT2D eigenvalue weighted by molar-refractivity contribution is -0.156. The first-order chi connectivity index (χ1) is 11.4. The fourth-order valence-electron chi connectivity index (χ4n) is 1.45. The van der Waals surface area contributed by atoms with Crippen LogP contribution >= 0.6 is 0 Å². The van der Waals surface area contributed by atoms with Crippen LogP contribution in [0.4, 0.5) is 0 Å². The Hall–Kier alpha value is -2.45. The van der Waals surface area contributed by atoms with Crippen LogP contribution in [0.3, 0.4) is 0 Å². The molecule has 2 N–H and O–H groups in total. The Labute approximate surface area is 140 Å². The maximum atomic E-state index is 11.1. The number of hydrogen-bond acceptors (Lipinski definition) is 8. The summed E-state index contributed by atoms with van der Waals surface area (Å²) in [5.74, 6) is -2.09. The topological polar surface area (TPSA) is 119 Å². The van der Waals surface area contributed by atoms with Crippen LogP contribution < -0.4 is 0 Å². The molecule has 134 valence electrons. The molecule has 8 nitrogen and oxygen atoms in total. The molecule has 0 aromatic heterocycles. The van der Waals surface area contributed by atoms with Crippen molar-refractivity contribution >= 4 is 17.9 Å². The van der Waals surface area contributed by atoms with Crippen molar-refractivity contribution in [2.24, 2.45) is 0 Å². The second-order valence-electron chi connectivity index (χ2n) is 4.38. The predicted molar refractivity (Wildman–Crippen MR) is 82.7 cm³/mol. The molecule has 0 saturated carbocycles. The van der Waals surface area contributed by atoms with E-state index >= 15 is 0 Å². The fraction of sp³-hybridized carbons (Fsp3) is 0.438. The van der Waals surface area contributed by atoms with Crippen molar-refractivity contribution in [2.45, 2.75) is 25.6 Å². The Bertz CT molecular complexity index is 514. The smallest absolute Gasteiger partial charge is 0.339 e. The molecule has 1 aromatic carbocycles. The third-order valence-electron chi connectivity index (χ3n) is 2.69. The highest BCUT2D eigenvalue weighted by molar-refractivity contribution is 5.81. The largest absolute Gasteiger partial charge is 0.469 e. The van der Waals surface area contributed by atoms with E-state index in [2.05, 4.69) is 14.2 Å². The zero-order valence-electron chi connectivity index (χ0n) is 13.8. The monoisotopic (exact) mass is 342 g/mol. The number of ether oxygens (including phenoxy) is 3. The molecule has 8 heteroatoms. The quantitative estimate of drug-likeness (QED) is 0.562. The third kappa shape index (κ3) is 8.25. The predicted octanol–water partition coefficient (Wildman–Crippen LogP) is 0.366. The van der Waals surface area contributed by atoms with Crippen molar-refractivity contribution < 1.29 is 38.8 Å². The molecule has 0 aliphatic heterocycles. The zero-order chi connectivity index (χ0) is 18.5. The standard InChI is InChI=1S/C10H12O3.C6H10O5/c1-2-13-10(12)9(11)8-6-4-3-5-7-8;1-10-5(8)3-4(7)6(9)11-2/h3-7,9,11H,2H2,1H3;4,7H,3H2,1-2H3. The first kappa shape index (κ1) is 21.6. The van der Waals surface area contributed by atoms with Gasteiger partial charge in [-0.25, -0.2) is 9.59 Å². The Balaban J connectivity index is 0.000000449. The molecule has 0 bridgehead atoms. The second-order valence-corrected chi connectivity index (χ2v) is 4.38. The van der Waals surface area contributed by atoms with Gasteiger partial charge in [0.2, 0.25) is 0 Å². The average molecular weight is 342 g/mol. The van der Waals surface area contributed by atoms with Gasteiger partial charge in [-0.3, -0.25) is 4.79 Å². The summed E-state index contributed by atoms with van der Waals surface area (Å²) in [6, 6.07) is 8.71. The van der Waals surface area contributed by atoms with E-state index in [9.17, 15) is 19.5 Å². The highest BCUT2D eigenvalue weighted by Gasteiger charge is 2.19. The number of rotatable bonds is 6. The molecule has 0 amide bonds. The van der Waals surface area contributed by atoms with Gasteiger partial charge < -0.3 is 24.4 Å². The van der Waals surface area contributed by atoms with Gasteiger partial charge in [0.15, 0.2) is 12.2 Å². The highest BCUT2D eigenvalue weighted by atomic mass is 16.5. The molecular formula is C16H22O8. The summed E-state index contributed by atoms with van der Waals surface area (Å²) >= 11 is 0. The molecular weight excluding hydrogens is 320 g/mol. The van der Waals surface area contributed by atoms with E-state index in [0.717, 1.165) is 7.11 Å². The van der Waals surface area contributed by atoms with Crippen molar-refractivity contribution in [3.8, 4) is 0 Å². The van der Waals surface area contributed by atoms with E-state index in [1.807, 2.05) is 6.07 Å². The molecule has 0 aliphatic carbocycles. The van der Waals surface area contributed by atoms with E-state index in [4.69, 9.17) is 5.11 Å². The van der Waals surface area contributed by atoms with Crippen LogP contribution in [0.2, 0.25) is 0 Å². The van der Waals surface area contributed by atoms with Crippen molar-refractivity contribution in [1.82, 2.24) is 0 Å². The molecule has 24 heavy (non-hydrogen) atoms. The number of carbonyl (C=O) groups excluding carboxylic acids is 3. The summed E-state index contributed by atoms with van der Waals surface area (Å²) < 4.78 is 13.0. The molecule has 0 heterocycles. The average Bonchev–Trinajstić information content (AvgIpc) is 2.61. The Morgan fingerprint density at radius 2 is 1.58 bits per heavy atom. The van der Waals surface area contributed by atoms with Crippen LogP contribution in [0.15, 0.2) is 30.3 Å². The van der Waals surface area contributed by atoms with Crippen molar-refractivity contribution in [1.29, 1.82) is 0 Å². The van der Waals surface area contributed by atoms with Crippen LogP contribution in [-0.2, 0) is 28.6 Å². The van der Waals surface area contributed by atoms with E-state index in [0.29, 0.717) is 5.56 Å². The number of methoxy groups -OCH3 is 2. The number of esters is 3. The first-order valence-electron chi connectivity index (χ1n) is 7.09. The lowest BCUT2D eigenvalue weighted by atomic mass is 10.1. The highest BCUT2D eigenvalue weighted by Crippen LogP contribution is 2.13. The lowest BCUT2D eigenvalue weighted by Gasteiger charge is -2.08. The van der Waals surface area contributed by atoms with Gasteiger partial charge in [0.1, 0.15) is 0 Å². The van der Waals surface area contributed by atoms with Gasteiger partial charge in [0.05, 0.1) is 27.2 Å². The van der Waals surface area contributed by atoms with Crippen molar-refractivity contribution in [3.63, 3.8) is 0 Å². The summed E-state index contributed by atoms with van der Waals surface area (Å²) in [7, 11) is 2.30. The molecule has 0 saturated heterocycles. The summed E-state index contributed by atoms with van der Waals surface area (Å²) in [5, 5.41) is 18.3. The molecule has 2 unspecified atom stereocenters. The minimum atomic E-state index is -1.42. The van der Waals surface area contributed by atoms with Gasteiger partial charge in [-0.05, 0) is 12.5 Å². The Morgan fingerprint density at radius 1 is 1.00 bits per heavy atom. The summed E-state index contributed by atoms with van der Waals surface area (Å²) in [5.41, 5.74) is 0.556. The molecule has 1 aromatic rings.